The SMILES string of the molecule is CC1(C)c2ccccc2-c2ccc(-c3ccc(-c4ccc(-c5ccc(-c6ccc7ccccc7c6)cc5)cc4)cc3)cc21. The van der Waals surface area contributed by atoms with Crippen LogP contribution in [0, 0.1) is 0 Å². The first-order chi connectivity index (χ1) is 21.0. The minimum atomic E-state index is 0.0143. The fraction of sp³-hybridized carbons (Fsp3) is 0.0698. The first-order valence-corrected chi connectivity index (χ1v) is 15.1. The van der Waals surface area contributed by atoms with Crippen LogP contribution in [0.15, 0.2) is 158 Å². The van der Waals surface area contributed by atoms with E-state index in [2.05, 4.69) is 172 Å². The molecule has 0 radical (unpaired) electrons. The topological polar surface area (TPSA) is 0 Å². The molecule has 0 spiro atoms. The van der Waals surface area contributed by atoms with Crippen molar-refractivity contribution in [1.82, 2.24) is 0 Å². The van der Waals surface area contributed by atoms with Gasteiger partial charge in [-0.1, -0.05) is 159 Å². The Morgan fingerprint density at radius 1 is 0.302 bits per heavy atom. The third-order valence-corrected chi connectivity index (χ3v) is 9.32. The van der Waals surface area contributed by atoms with E-state index in [1.165, 1.54) is 77.5 Å². The largest absolute Gasteiger partial charge is 0.0619 e. The Morgan fingerprint density at radius 2 is 0.698 bits per heavy atom. The molecule has 0 N–H and O–H groups in total. The molecule has 7 aromatic rings. The van der Waals surface area contributed by atoms with Gasteiger partial charge in [0, 0.05) is 5.41 Å². The Labute approximate surface area is 253 Å². The van der Waals surface area contributed by atoms with Gasteiger partial charge in [-0.3, -0.25) is 0 Å². The Kier molecular flexibility index (Phi) is 5.91. The summed E-state index contributed by atoms with van der Waals surface area (Å²) in [6, 6.07) is 57.8. The predicted molar refractivity (Wildman–Crippen MR) is 183 cm³/mol. The molecule has 0 aromatic heterocycles. The molecule has 0 fully saturated rings. The molecule has 1 aliphatic rings. The maximum absolute atomic E-state index is 2.39. The van der Waals surface area contributed by atoms with E-state index < -0.39 is 0 Å². The molecule has 0 saturated carbocycles. The zero-order valence-corrected chi connectivity index (χ0v) is 24.5. The number of fused-ring (bicyclic) bond motifs is 4. The fourth-order valence-electron chi connectivity index (χ4n) is 6.82. The molecule has 0 amide bonds. The van der Waals surface area contributed by atoms with Crippen LogP contribution in [0.25, 0.3) is 66.4 Å². The summed E-state index contributed by atoms with van der Waals surface area (Å²) in [4.78, 5) is 0. The van der Waals surface area contributed by atoms with Crippen LogP contribution < -0.4 is 0 Å². The van der Waals surface area contributed by atoms with Gasteiger partial charge < -0.3 is 0 Å². The number of benzene rings is 7. The van der Waals surface area contributed by atoms with Gasteiger partial charge in [-0.2, -0.15) is 0 Å². The lowest BCUT2D eigenvalue weighted by atomic mass is 9.81. The van der Waals surface area contributed by atoms with Gasteiger partial charge in [-0.15, -0.1) is 0 Å². The summed E-state index contributed by atoms with van der Waals surface area (Å²) in [6.07, 6.45) is 0. The Bertz CT molecular complexity index is 2110. The van der Waals surface area contributed by atoms with Crippen LogP contribution >= 0.6 is 0 Å². The monoisotopic (exact) mass is 548 g/mol. The van der Waals surface area contributed by atoms with E-state index in [9.17, 15) is 0 Å². The summed E-state index contributed by atoms with van der Waals surface area (Å²) in [5, 5.41) is 2.55. The molecule has 0 bridgehead atoms. The van der Waals surface area contributed by atoms with Crippen LogP contribution in [0.2, 0.25) is 0 Å². The first-order valence-electron chi connectivity index (χ1n) is 15.1. The van der Waals surface area contributed by atoms with Gasteiger partial charge in [0.05, 0.1) is 0 Å². The highest BCUT2D eigenvalue weighted by molar-refractivity contribution is 5.88. The lowest BCUT2D eigenvalue weighted by Crippen LogP contribution is -2.14. The van der Waals surface area contributed by atoms with E-state index in [0.717, 1.165) is 0 Å². The average molecular weight is 549 g/mol. The van der Waals surface area contributed by atoms with Crippen molar-refractivity contribution in [2.75, 3.05) is 0 Å². The molecule has 0 nitrogen and oxygen atoms in total. The fourth-order valence-corrected chi connectivity index (χ4v) is 6.82. The summed E-state index contributed by atoms with van der Waals surface area (Å²) >= 11 is 0. The summed E-state index contributed by atoms with van der Waals surface area (Å²) < 4.78 is 0. The van der Waals surface area contributed by atoms with Gasteiger partial charge >= 0.3 is 0 Å². The van der Waals surface area contributed by atoms with Crippen molar-refractivity contribution in [3.63, 3.8) is 0 Å². The molecule has 8 rings (SSSR count). The van der Waals surface area contributed by atoms with Crippen molar-refractivity contribution in [3.8, 4) is 55.6 Å². The van der Waals surface area contributed by atoms with Crippen LogP contribution in [0.3, 0.4) is 0 Å². The summed E-state index contributed by atoms with van der Waals surface area (Å²) in [5.41, 5.74) is 15.5. The van der Waals surface area contributed by atoms with Gasteiger partial charge in [-0.25, -0.2) is 0 Å². The maximum atomic E-state index is 2.39. The summed E-state index contributed by atoms with van der Waals surface area (Å²) in [5.74, 6) is 0. The minimum absolute atomic E-state index is 0.0143. The van der Waals surface area contributed by atoms with Crippen LogP contribution in [0.1, 0.15) is 25.0 Å². The first kappa shape index (κ1) is 25.5. The van der Waals surface area contributed by atoms with Crippen molar-refractivity contribution in [2.45, 2.75) is 19.3 Å². The highest BCUT2D eigenvalue weighted by Crippen LogP contribution is 2.49. The van der Waals surface area contributed by atoms with Gasteiger partial charge in [0.15, 0.2) is 0 Å². The third-order valence-electron chi connectivity index (χ3n) is 9.32. The van der Waals surface area contributed by atoms with Crippen LogP contribution in [0.4, 0.5) is 0 Å². The number of hydrogen-bond acceptors (Lipinski definition) is 0. The standard InChI is InChI=1S/C43H32/c1-43(2)41-10-6-5-9-39(41)40-26-25-38(28-42(40)43)35-21-17-33(18-22-35)31-13-11-30(12-14-31)32-15-19-34(20-16-32)37-24-23-29-7-3-4-8-36(29)27-37/h3-28H,1-2H3. The Hall–Kier alpha value is -5.20. The van der Waals surface area contributed by atoms with Crippen LogP contribution in [-0.4, -0.2) is 0 Å². The quantitative estimate of drug-likeness (QED) is 0.205. The van der Waals surface area contributed by atoms with E-state index in [4.69, 9.17) is 0 Å². The second kappa shape index (κ2) is 9.96. The number of hydrogen-bond donors (Lipinski definition) is 0. The minimum Gasteiger partial charge on any atom is -0.0619 e. The summed E-state index contributed by atoms with van der Waals surface area (Å²) in [7, 11) is 0. The molecule has 7 aromatic carbocycles. The zero-order valence-electron chi connectivity index (χ0n) is 24.5. The normalized spacial score (nSPS) is 13.1. The van der Waals surface area contributed by atoms with Crippen LogP contribution in [-0.2, 0) is 5.41 Å². The van der Waals surface area contributed by atoms with Gasteiger partial charge in [0.2, 0.25) is 0 Å². The summed E-state index contributed by atoms with van der Waals surface area (Å²) in [6.45, 7) is 4.68. The zero-order chi connectivity index (χ0) is 29.0. The van der Waals surface area contributed by atoms with Crippen molar-refractivity contribution in [3.05, 3.63) is 169 Å². The highest BCUT2D eigenvalue weighted by Gasteiger charge is 2.35. The van der Waals surface area contributed by atoms with Crippen molar-refractivity contribution in [1.29, 1.82) is 0 Å². The molecule has 0 aliphatic heterocycles. The number of rotatable bonds is 4. The molecule has 43 heavy (non-hydrogen) atoms. The van der Waals surface area contributed by atoms with Gasteiger partial charge in [0.25, 0.3) is 0 Å². The molecule has 0 saturated heterocycles. The maximum Gasteiger partial charge on any atom is 0.0159 e. The van der Waals surface area contributed by atoms with E-state index in [1.807, 2.05) is 0 Å². The van der Waals surface area contributed by atoms with Crippen LogP contribution in [0.5, 0.6) is 0 Å². The molecule has 1 aliphatic carbocycles. The molecule has 0 unspecified atom stereocenters. The molecular weight excluding hydrogens is 516 g/mol. The predicted octanol–water partition coefficient (Wildman–Crippen LogP) is 11.8. The lowest BCUT2D eigenvalue weighted by Gasteiger charge is -2.22. The van der Waals surface area contributed by atoms with E-state index in [0.29, 0.717) is 0 Å². The second-order valence-corrected chi connectivity index (χ2v) is 12.2. The molecule has 0 heterocycles. The molecular formula is C43H32. The van der Waals surface area contributed by atoms with Gasteiger partial charge in [0.1, 0.15) is 0 Å². The van der Waals surface area contributed by atoms with E-state index >= 15 is 0 Å². The van der Waals surface area contributed by atoms with E-state index in [-0.39, 0.29) is 5.41 Å². The van der Waals surface area contributed by atoms with Crippen molar-refractivity contribution >= 4 is 10.8 Å². The highest BCUT2D eigenvalue weighted by atomic mass is 14.4. The van der Waals surface area contributed by atoms with E-state index in [1.54, 1.807) is 0 Å². The Balaban J connectivity index is 1.01. The van der Waals surface area contributed by atoms with Gasteiger partial charge in [-0.05, 0) is 89.7 Å². The average Bonchev–Trinajstić information content (AvgIpc) is 3.30. The molecule has 0 atom stereocenters. The smallest absolute Gasteiger partial charge is 0.0159 e. The lowest BCUT2D eigenvalue weighted by molar-refractivity contribution is 0.660. The second-order valence-electron chi connectivity index (χ2n) is 12.2. The van der Waals surface area contributed by atoms with Crippen molar-refractivity contribution < 1.29 is 0 Å². The molecule has 204 valence electrons. The van der Waals surface area contributed by atoms with Crippen molar-refractivity contribution in [2.24, 2.45) is 0 Å². The molecule has 0 heteroatoms. The third kappa shape index (κ3) is 4.39. The Morgan fingerprint density at radius 3 is 1.28 bits per heavy atom.